The van der Waals surface area contributed by atoms with Gasteiger partial charge in [-0.1, -0.05) is 30.7 Å². The first-order chi connectivity index (χ1) is 16.9. The number of carbonyl (C=O) groups is 2. The molecule has 0 radical (unpaired) electrons. The highest BCUT2D eigenvalue weighted by atomic mass is 16.5. The number of nitrogens with two attached hydrogens (primary N) is 2. The third-order valence-corrected chi connectivity index (χ3v) is 6.50. The topological polar surface area (TPSA) is 105 Å². The molecule has 0 amide bonds. The van der Waals surface area contributed by atoms with Crippen LogP contribution in [0.2, 0.25) is 0 Å². The number of unbranched alkanes of at least 4 members (excludes halogenated alkanes) is 1. The number of esters is 2. The number of hydrogen-bond acceptors (Lipinski definition) is 6. The van der Waals surface area contributed by atoms with E-state index >= 15 is 0 Å². The van der Waals surface area contributed by atoms with Gasteiger partial charge >= 0.3 is 11.9 Å². The molecule has 6 nitrogen and oxygen atoms in total. The molecule has 6 heteroatoms. The van der Waals surface area contributed by atoms with E-state index in [1.807, 2.05) is 12.1 Å². The van der Waals surface area contributed by atoms with Crippen LogP contribution in [0.1, 0.15) is 56.1 Å². The van der Waals surface area contributed by atoms with Crippen LogP contribution in [0.15, 0.2) is 61.2 Å². The molecule has 0 atom stereocenters. The Bertz CT molecular complexity index is 1020. The monoisotopic (exact) mass is 476 g/mol. The summed E-state index contributed by atoms with van der Waals surface area (Å²) in [4.78, 5) is 24.5. The molecule has 0 unspecified atom stereocenters. The summed E-state index contributed by atoms with van der Waals surface area (Å²) < 4.78 is 10.8. The smallest absolute Gasteiger partial charge is 0.330 e. The molecule has 4 N–H and O–H groups in total. The van der Waals surface area contributed by atoms with E-state index < -0.39 is 5.97 Å². The van der Waals surface area contributed by atoms with E-state index in [0.717, 1.165) is 43.2 Å². The Kier molecular flexibility index (Phi) is 9.96. The minimum atomic E-state index is -0.436. The Morgan fingerprint density at radius 3 is 2.46 bits per heavy atom. The fraction of sp³-hybridized carbons (Fsp3) is 0.379. The highest BCUT2D eigenvalue weighted by Gasteiger charge is 2.27. The molecule has 35 heavy (non-hydrogen) atoms. The van der Waals surface area contributed by atoms with Crippen LogP contribution in [0.25, 0.3) is 6.08 Å². The molecule has 0 aliphatic heterocycles. The van der Waals surface area contributed by atoms with Gasteiger partial charge in [0.1, 0.15) is 5.75 Å². The van der Waals surface area contributed by atoms with Crippen molar-refractivity contribution in [2.45, 2.75) is 51.4 Å². The zero-order valence-corrected chi connectivity index (χ0v) is 20.3. The Hall–Kier alpha value is -3.54. The molecule has 0 spiro atoms. The highest BCUT2D eigenvalue weighted by Crippen LogP contribution is 2.33. The van der Waals surface area contributed by atoms with Gasteiger partial charge in [0.15, 0.2) is 0 Å². The quantitative estimate of drug-likeness (QED) is 0.107. The van der Waals surface area contributed by atoms with E-state index in [0.29, 0.717) is 29.5 Å². The molecule has 186 valence electrons. The van der Waals surface area contributed by atoms with Gasteiger partial charge < -0.3 is 20.9 Å². The van der Waals surface area contributed by atoms with Crippen LogP contribution in [0.5, 0.6) is 5.75 Å². The standard InChI is InChI=1S/C29H36N2O4/c1-2-3-4-5-21-6-11-24(12-7-21)29(33)35-26-15-8-22(9-16-26)10-17-28(32)34-19-18-23-13-14-25(30)20-27(23)31/h2,8-10,13-17,20-21,24H,1,3-7,11-12,18-19,30-31H2/b17-10+. The largest absolute Gasteiger partial charge is 0.462 e. The Labute approximate surface area is 208 Å². The average Bonchev–Trinajstić information content (AvgIpc) is 2.85. The van der Waals surface area contributed by atoms with Gasteiger partial charge in [-0.25, -0.2) is 4.79 Å². The van der Waals surface area contributed by atoms with Gasteiger partial charge in [0.25, 0.3) is 0 Å². The van der Waals surface area contributed by atoms with Crippen LogP contribution >= 0.6 is 0 Å². The van der Waals surface area contributed by atoms with E-state index in [9.17, 15) is 9.59 Å². The first-order valence-corrected chi connectivity index (χ1v) is 12.4. The van der Waals surface area contributed by atoms with Crippen LogP contribution in [0.3, 0.4) is 0 Å². The lowest BCUT2D eigenvalue weighted by molar-refractivity contribution is -0.140. The molecule has 2 aromatic carbocycles. The maximum absolute atomic E-state index is 12.6. The molecule has 1 fully saturated rings. The second kappa shape index (κ2) is 13.4. The lowest BCUT2D eigenvalue weighted by Crippen LogP contribution is -2.25. The zero-order chi connectivity index (χ0) is 25.0. The number of ether oxygens (including phenoxy) is 2. The van der Waals surface area contributed by atoms with Gasteiger partial charge in [-0.3, -0.25) is 4.79 Å². The summed E-state index contributed by atoms with van der Waals surface area (Å²) in [6, 6.07) is 12.4. The van der Waals surface area contributed by atoms with E-state index in [2.05, 4.69) is 6.58 Å². The third-order valence-electron chi connectivity index (χ3n) is 6.50. The third kappa shape index (κ3) is 8.63. The maximum atomic E-state index is 12.6. The molecule has 0 heterocycles. The minimum Gasteiger partial charge on any atom is -0.462 e. The Morgan fingerprint density at radius 1 is 1.03 bits per heavy atom. The van der Waals surface area contributed by atoms with Crippen molar-refractivity contribution in [3.05, 3.63) is 72.3 Å². The second-order valence-corrected chi connectivity index (χ2v) is 9.14. The molecule has 3 rings (SSSR count). The van der Waals surface area contributed by atoms with Crippen molar-refractivity contribution < 1.29 is 19.1 Å². The molecule has 0 saturated heterocycles. The van der Waals surface area contributed by atoms with Crippen LogP contribution in [-0.2, 0) is 20.7 Å². The summed E-state index contributed by atoms with van der Waals surface area (Å²) in [6.45, 7) is 4.00. The van der Waals surface area contributed by atoms with Crippen molar-refractivity contribution in [3.8, 4) is 5.75 Å². The number of carbonyl (C=O) groups excluding carboxylic acids is 2. The number of allylic oxidation sites excluding steroid dienone is 1. The number of rotatable bonds is 11. The number of hydrogen-bond donors (Lipinski definition) is 2. The lowest BCUT2D eigenvalue weighted by atomic mass is 9.80. The molecule has 1 saturated carbocycles. The summed E-state index contributed by atoms with van der Waals surface area (Å²) in [7, 11) is 0. The van der Waals surface area contributed by atoms with Gasteiger partial charge in [0.05, 0.1) is 12.5 Å². The van der Waals surface area contributed by atoms with Gasteiger partial charge in [-0.2, -0.15) is 0 Å². The molecular formula is C29H36N2O4. The normalized spacial score (nSPS) is 17.7. The number of anilines is 2. The van der Waals surface area contributed by atoms with Gasteiger partial charge in [0.2, 0.25) is 0 Å². The first-order valence-electron chi connectivity index (χ1n) is 12.4. The van der Waals surface area contributed by atoms with Gasteiger partial charge in [-0.15, -0.1) is 6.58 Å². The fourth-order valence-corrected chi connectivity index (χ4v) is 4.40. The number of benzene rings is 2. The molecule has 0 aromatic heterocycles. The Balaban J connectivity index is 1.38. The van der Waals surface area contributed by atoms with E-state index in [1.54, 1.807) is 42.5 Å². The summed E-state index contributed by atoms with van der Waals surface area (Å²) >= 11 is 0. The molecule has 1 aliphatic rings. The number of nitrogen functional groups attached to an aromatic ring is 2. The lowest BCUT2D eigenvalue weighted by Gasteiger charge is -2.27. The van der Waals surface area contributed by atoms with E-state index in [1.165, 1.54) is 18.9 Å². The second-order valence-electron chi connectivity index (χ2n) is 9.14. The van der Waals surface area contributed by atoms with Crippen molar-refractivity contribution in [2.24, 2.45) is 11.8 Å². The summed E-state index contributed by atoms with van der Waals surface area (Å²) in [6.07, 6.45) is 13.0. The van der Waals surface area contributed by atoms with Crippen molar-refractivity contribution in [1.29, 1.82) is 0 Å². The SMILES string of the molecule is C=CCCCC1CCC(C(=O)Oc2ccc(/C=C/C(=O)OCCc3ccc(N)cc3N)cc2)CC1. The fourth-order valence-electron chi connectivity index (χ4n) is 4.40. The summed E-state index contributed by atoms with van der Waals surface area (Å²) in [5, 5.41) is 0. The summed E-state index contributed by atoms with van der Waals surface area (Å²) in [5.41, 5.74) is 14.5. The average molecular weight is 477 g/mol. The van der Waals surface area contributed by atoms with Crippen LogP contribution < -0.4 is 16.2 Å². The van der Waals surface area contributed by atoms with Gasteiger partial charge in [-0.05, 0) is 85.9 Å². The van der Waals surface area contributed by atoms with Crippen LogP contribution in [0.4, 0.5) is 11.4 Å². The first kappa shape index (κ1) is 26.1. The summed E-state index contributed by atoms with van der Waals surface area (Å²) in [5.74, 6) is 0.623. The molecule has 1 aliphatic carbocycles. The highest BCUT2D eigenvalue weighted by molar-refractivity contribution is 5.87. The molecule has 2 aromatic rings. The van der Waals surface area contributed by atoms with E-state index in [4.69, 9.17) is 20.9 Å². The van der Waals surface area contributed by atoms with Crippen molar-refractivity contribution >= 4 is 29.4 Å². The van der Waals surface area contributed by atoms with Crippen molar-refractivity contribution in [1.82, 2.24) is 0 Å². The minimum absolute atomic E-state index is 0.0245. The van der Waals surface area contributed by atoms with Crippen molar-refractivity contribution in [3.63, 3.8) is 0 Å². The van der Waals surface area contributed by atoms with Gasteiger partial charge in [0, 0.05) is 23.9 Å². The predicted molar refractivity (Wildman–Crippen MR) is 141 cm³/mol. The predicted octanol–water partition coefficient (Wildman–Crippen LogP) is 5.72. The Morgan fingerprint density at radius 2 is 1.77 bits per heavy atom. The van der Waals surface area contributed by atoms with Crippen LogP contribution in [0, 0.1) is 11.8 Å². The maximum Gasteiger partial charge on any atom is 0.330 e. The zero-order valence-electron chi connectivity index (χ0n) is 20.3. The van der Waals surface area contributed by atoms with Crippen LogP contribution in [-0.4, -0.2) is 18.5 Å². The van der Waals surface area contributed by atoms with Crippen molar-refractivity contribution in [2.75, 3.05) is 18.1 Å². The van der Waals surface area contributed by atoms with E-state index in [-0.39, 0.29) is 18.5 Å². The molecular weight excluding hydrogens is 440 g/mol. The molecule has 0 bridgehead atoms.